The SMILES string of the molecule is CNCc1ccc(-c2nnc(-c3cncc(-c4ccc([S+]([O-])C5CCOCC5)cc4)n3)o2)cc1. The molecule has 4 aromatic rings. The molecule has 1 unspecified atom stereocenters. The third-order valence-electron chi connectivity index (χ3n) is 5.71. The van der Waals surface area contributed by atoms with E-state index in [0.717, 1.165) is 35.4 Å². The van der Waals surface area contributed by atoms with Crippen LogP contribution in [0, 0.1) is 0 Å². The summed E-state index contributed by atoms with van der Waals surface area (Å²) in [5.74, 6) is 0.735. The molecular weight excluding hydrogens is 450 g/mol. The molecule has 1 N–H and O–H groups in total. The predicted octanol–water partition coefficient (Wildman–Crippen LogP) is 3.87. The van der Waals surface area contributed by atoms with Crippen molar-refractivity contribution in [3.63, 3.8) is 0 Å². The van der Waals surface area contributed by atoms with Gasteiger partial charge in [0.15, 0.2) is 4.90 Å². The highest BCUT2D eigenvalue weighted by atomic mass is 32.2. The molecule has 0 bridgehead atoms. The second-order valence-corrected chi connectivity index (χ2v) is 9.80. The van der Waals surface area contributed by atoms with E-state index in [0.29, 0.717) is 36.4 Å². The fourth-order valence-corrected chi connectivity index (χ4v) is 5.27. The Morgan fingerprint density at radius 2 is 1.59 bits per heavy atom. The minimum atomic E-state index is -1.04. The third kappa shape index (κ3) is 5.02. The molecule has 2 aromatic carbocycles. The first kappa shape index (κ1) is 22.7. The third-order valence-corrected chi connectivity index (χ3v) is 7.53. The quantitative estimate of drug-likeness (QED) is 0.401. The Morgan fingerprint density at radius 1 is 0.912 bits per heavy atom. The maximum Gasteiger partial charge on any atom is 0.268 e. The molecule has 3 heterocycles. The highest BCUT2D eigenvalue weighted by molar-refractivity contribution is 7.92. The van der Waals surface area contributed by atoms with Gasteiger partial charge in [0, 0.05) is 30.5 Å². The van der Waals surface area contributed by atoms with E-state index < -0.39 is 11.2 Å². The Bertz CT molecular complexity index is 1220. The molecule has 0 radical (unpaired) electrons. The molecule has 174 valence electrons. The largest absolute Gasteiger partial charge is 0.611 e. The fraction of sp³-hybridized carbons (Fsp3) is 0.280. The van der Waals surface area contributed by atoms with Crippen LogP contribution in [0.4, 0.5) is 0 Å². The highest BCUT2D eigenvalue weighted by Crippen LogP contribution is 2.27. The molecule has 0 saturated carbocycles. The molecule has 0 spiro atoms. The Morgan fingerprint density at radius 3 is 2.32 bits per heavy atom. The molecule has 0 aliphatic carbocycles. The number of hydrogen-bond donors (Lipinski definition) is 1. The van der Waals surface area contributed by atoms with Gasteiger partial charge in [0.05, 0.1) is 31.3 Å². The van der Waals surface area contributed by atoms with Crippen LogP contribution >= 0.6 is 0 Å². The van der Waals surface area contributed by atoms with Crippen molar-refractivity contribution in [1.82, 2.24) is 25.5 Å². The van der Waals surface area contributed by atoms with Crippen LogP contribution in [0.5, 0.6) is 0 Å². The summed E-state index contributed by atoms with van der Waals surface area (Å²) >= 11 is -1.04. The van der Waals surface area contributed by atoms with E-state index >= 15 is 0 Å². The first-order valence-electron chi connectivity index (χ1n) is 11.2. The summed E-state index contributed by atoms with van der Waals surface area (Å²) in [6, 6.07) is 15.6. The summed E-state index contributed by atoms with van der Waals surface area (Å²) < 4.78 is 24.1. The van der Waals surface area contributed by atoms with Gasteiger partial charge in [-0.05, 0) is 60.2 Å². The molecule has 1 fully saturated rings. The summed E-state index contributed by atoms with van der Waals surface area (Å²) in [5, 5.41) is 11.6. The summed E-state index contributed by atoms with van der Waals surface area (Å²) in [4.78, 5) is 9.80. The van der Waals surface area contributed by atoms with E-state index in [4.69, 9.17) is 9.15 Å². The van der Waals surface area contributed by atoms with Gasteiger partial charge in [-0.3, -0.25) is 4.98 Å². The maximum absolute atomic E-state index is 12.9. The van der Waals surface area contributed by atoms with Crippen molar-refractivity contribution in [3.8, 4) is 34.3 Å². The molecule has 9 heteroatoms. The lowest BCUT2D eigenvalue weighted by Crippen LogP contribution is -2.28. The first-order valence-corrected chi connectivity index (χ1v) is 12.4. The zero-order chi connectivity index (χ0) is 23.3. The molecular formula is C25H25N5O3S. The second kappa shape index (κ2) is 10.4. The van der Waals surface area contributed by atoms with Crippen molar-refractivity contribution < 1.29 is 13.7 Å². The normalized spacial score (nSPS) is 15.4. The van der Waals surface area contributed by atoms with Crippen LogP contribution in [0.2, 0.25) is 0 Å². The van der Waals surface area contributed by atoms with Crippen molar-refractivity contribution in [3.05, 3.63) is 66.5 Å². The topological polar surface area (TPSA) is 109 Å². The van der Waals surface area contributed by atoms with Crippen molar-refractivity contribution >= 4 is 11.2 Å². The molecule has 8 nitrogen and oxygen atoms in total. The van der Waals surface area contributed by atoms with Gasteiger partial charge in [-0.25, -0.2) is 4.98 Å². The van der Waals surface area contributed by atoms with Crippen LogP contribution in [-0.2, 0) is 22.5 Å². The van der Waals surface area contributed by atoms with Crippen molar-refractivity contribution in [2.24, 2.45) is 0 Å². The minimum Gasteiger partial charge on any atom is -0.611 e. The fourth-order valence-electron chi connectivity index (χ4n) is 3.86. The monoisotopic (exact) mass is 475 g/mol. The number of aromatic nitrogens is 4. The molecule has 1 atom stereocenters. The standard InChI is InChI=1S/C25H25N5O3S/c1-26-14-17-2-4-19(5-3-17)24-29-30-25(33-24)23-16-27-15-22(28-23)18-6-8-20(9-7-18)34(31)21-10-12-32-13-11-21/h2-9,15-16,21,26H,10-14H2,1H3. The number of benzene rings is 2. The van der Waals surface area contributed by atoms with Gasteiger partial charge in [-0.15, -0.1) is 10.2 Å². The predicted molar refractivity (Wildman–Crippen MR) is 129 cm³/mol. The van der Waals surface area contributed by atoms with Crippen molar-refractivity contribution in [1.29, 1.82) is 0 Å². The van der Waals surface area contributed by atoms with Gasteiger partial charge >= 0.3 is 0 Å². The van der Waals surface area contributed by atoms with E-state index in [1.165, 1.54) is 5.56 Å². The van der Waals surface area contributed by atoms with Crippen LogP contribution in [0.15, 0.2) is 70.2 Å². The van der Waals surface area contributed by atoms with Crippen LogP contribution in [-0.4, -0.2) is 50.2 Å². The molecule has 1 saturated heterocycles. The van der Waals surface area contributed by atoms with E-state index in [9.17, 15) is 4.55 Å². The van der Waals surface area contributed by atoms with Gasteiger partial charge in [0.25, 0.3) is 5.89 Å². The van der Waals surface area contributed by atoms with E-state index in [1.807, 2.05) is 55.6 Å². The van der Waals surface area contributed by atoms with E-state index in [-0.39, 0.29) is 5.25 Å². The van der Waals surface area contributed by atoms with E-state index in [1.54, 1.807) is 12.4 Å². The Kier molecular flexibility index (Phi) is 6.96. The Hall–Kier alpha value is -3.11. The van der Waals surface area contributed by atoms with Gasteiger partial charge in [-0.1, -0.05) is 12.1 Å². The number of rotatable bonds is 7. The van der Waals surface area contributed by atoms with Gasteiger partial charge in [0.1, 0.15) is 10.9 Å². The van der Waals surface area contributed by atoms with Crippen LogP contribution < -0.4 is 5.32 Å². The van der Waals surface area contributed by atoms with Crippen molar-refractivity contribution in [2.75, 3.05) is 20.3 Å². The van der Waals surface area contributed by atoms with Gasteiger partial charge in [0.2, 0.25) is 5.89 Å². The molecule has 1 aliphatic heterocycles. The second-order valence-electron chi connectivity index (χ2n) is 8.06. The zero-order valence-corrected chi connectivity index (χ0v) is 19.6. The summed E-state index contributed by atoms with van der Waals surface area (Å²) in [7, 11) is 1.91. The van der Waals surface area contributed by atoms with Gasteiger partial charge < -0.3 is 19.0 Å². The number of nitrogens with one attached hydrogen (secondary N) is 1. The number of nitrogens with zero attached hydrogens (tertiary/aromatic N) is 4. The summed E-state index contributed by atoms with van der Waals surface area (Å²) in [5.41, 5.74) is 4.07. The summed E-state index contributed by atoms with van der Waals surface area (Å²) in [6.07, 6.45) is 4.94. The maximum atomic E-state index is 12.9. The number of ether oxygens (including phenoxy) is 1. The molecule has 1 aliphatic rings. The smallest absolute Gasteiger partial charge is 0.268 e. The average molecular weight is 476 g/mol. The molecule has 5 rings (SSSR count). The summed E-state index contributed by atoms with van der Waals surface area (Å²) in [6.45, 7) is 2.15. The Balaban J connectivity index is 1.33. The van der Waals surface area contributed by atoms with Crippen molar-refractivity contribution in [2.45, 2.75) is 29.5 Å². The molecule has 2 aromatic heterocycles. The van der Waals surface area contributed by atoms with Crippen LogP contribution in [0.25, 0.3) is 34.3 Å². The minimum absolute atomic E-state index is 0.147. The molecule has 34 heavy (non-hydrogen) atoms. The van der Waals surface area contributed by atoms with Gasteiger partial charge in [-0.2, -0.15) is 0 Å². The van der Waals surface area contributed by atoms with Crippen LogP contribution in [0.3, 0.4) is 0 Å². The molecule has 0 amide bonds. The van der Waals surface area contributed by atoms with E-state index in [2.05, 4.69) is 25.5 Å². The number of hydrogen-bond acceptors (Lipinski definition) is 8. The van der Waals surface area contributed by atoms with Crippen LogP contribution in [0.1, 0.15) is 18.4 Å². The lowest BCUT2D eigenvalue weighted by molar-refractivity contribution is 0.0983. The lowest BCUT2D eigenvalue weighted by atomic mass is 10.1. The lowest BCUT2D eigenvalue weighted by Gasteiger charge is -2.24. The zero-order valence-electron chi connectivity index (χ0n) is 18.8. The highest BCUT2D eigenvalue weighted by Gasteiger charge is 2.27. The average Bonchev–Trinajstić information content (AvgIpc) is 3.40. The Labute approximate surface area is 201 Å². The first-order chi connectivity index (χ1) is 16.7.